The van der Waals surface area contributed by atoms with E-state index in [1.165, 1.54) is 31.2 Å². The Balaban J connectivity index is 2.25. The van der Waals surface area contributed by atoms with Gasteiger partial charge in [-0.25, -0.2) is 0 Å². The smallest absolute Gasteiger partial charge is 0.0387 e. The zero-order valence-electron chi connectivity index (χ0n) is 7.79. The molecule has 0 amide bonds. The first-order valence-corrected chi connectivity index (χ1v) is 4.90. The molecule has 2 rings (SSSR count). The van der Waals surface area contributed by atoms with Crippen molar-refractivity contribution in [3.05, 3.63) is 35.4 Å². The summed E-state index contributed by atoms with van der Waals surface area (Å²) in [6.07, 6.45) is 7.46. The molecule has 1 aromatic rings. The molecule has 0 spiro atoms. The summed E-state index contributed by atoms with van der Waals surface area (Å²) < 4.78 is 0. The van der Waals surface area contributed by atoms with E-state index in [4.69, 9.17) is 5.73 Å². The van der Waals surface area contributed by atoms with Crippen molar-refractivity contribution in [2.24, 2.45) is 0 Å². The van der Waals surface area contributed by atoms with Crippen molar-refractivity contribution in [1.29, 1.82) is 0 Å². The molecule has 1 aliphatic rings. The van der Waals surface area contributed by atoms with Crippen LogP contribution in [0.15, 0.2) is 29.8 Å². The lowest BCUT2D eigenvalue weighted by Gasteiger charge is -2.00. The van der Waals surface area contributed by atoms with Gasteiger partial charge in [0.25, 0.3) is 0 Å². The molecule has 0 aliphatic heterocycles. The fourth-order valence-electron chi connectivity index (χ4n) is 1.84. The van der Waals surface area contributed by atoms with Gasteiger partial charge >= 0.3 is 0 Å². The molecule has 1 aliphatic carbocycles. The largest absolute Gasteiger partial charge is 0.398 e. The lowest BCUT2D eigenvalue weighted by molar-refractivity contribution is 0.886. The summed E-state index contributed by atoms with van der Waals surface area (Å²) in [6, 6.07) is 8.06. The highest BCUT2D eigenvalue weighted by atomic mass is 14.5. The van der Waals surface area contributed by atoms with Crippen LogP contribution in [0.3, 0.4) is 0 Å². The first kappa shape index (κ1) is 8.36. The number of benzene rings is 1. The minimum Gasteiger partial charge on any atom is -0.398 e. The molecule has 0 radical (unpaired) electrons. The molecule has 0 saturated heterocycles. The number of hydrogen-bond acceptors (Lipinski definition) is 1. The van der Waals surface area contributed by atoms with Crippen molar-refractivity contribution in [3.63, 3.8) is 0 Å². The third kappa shape index (κ3) is 1.92. The summed E-state index contributed by atoms with van der Waals surface area (Å²) in [4.78, 5) is 0. The maximum absolute atomic E-state index is 5.85. The Morgan fingerprint density at radius 2 is 1.77 bits per heavy atom. The Kier molecular flexibility index (Phi) is 2.35. The van der Waals surface area contributed by atoms with Crippen LogP contribution in [0.25, 0.3) is 6.08 Å². The van der Waals surface area contributed by atoms with Crippen molar-refractivity contribution in [3.8, 4) is 0 Å². The summed E-state index contributed by atoms with van der Waals surface area (Å²) in [5, 5.41) is 0. The van der Waals surface area contributed by atoms with Crippen LogP contribution in [0.1, 0.15) is 31.2 Å². The molecule has 1 heteroatoms. The molecule has 2 N–H and O–H groups in total. The molecule has 0 atom stereocenters. The van der Waals surface area contributed by atoms with Crippen molar-refractivity contribution in [2.75, 3.05) is 5.73 Å². The van der Waals surface area contributed by atoms with Crippen LogP contribution in [-0.4, -0.2) is 0 Å². The van der Waals surface area contributed by atoms with E-state index in [1.807, 2.05) is 18.2 Å². The number of nitrogen functional groups attached to an aromatic ring is 1. The first-order chi connectivity index (χ1) is 6.36. The standard InChI is InChI=1S/C12H15N/c13-12-8-4-3-7-11(12)9-10-5-1-2-6-10/h3-4,7-9H,1-2,5-6,13H2. The van der Waals surface area contributed by atoms with Crippen molar-refractivity contribution in [1.82, 2.24) is 0 Å². The predicted molar refractivity (Wildman–Crippen MR) is 57.3 cm³/mol. The average Bonchev–Trinajstić information content (AvgIpc) is 2.61. The summed E-state index contributed by atoms with van der Waals surface area (Å²) in [7, 11) is 0. The molecule has 1 saturated carbocycles. The summed E-state index contributed by atoms with van der Waals surface area (Å²) in [5.41, 5.74) is 9.48. The Labute approximate surface area is 79.3 Å². The third-order valence-electron chi connectivity index (χ3n) is 2.60. The van der Waals surface area contributed by atoms with Gasteiger partial charge in [-0.1, -0.05) is 29.8 Å². The Bertz CT molecular complexity index is 318. The second-order valence-corrected chi connectivity index (χ2v) is 3.64. The third-order valence-corrected chi connectivity index (χ3v) is 2.60. The second kappa shape index (κ2) is 3.65. The SMILES string of the molecule is Nc1ccccc1C=C1CCCC1. The molecule has 1 aromatic carbocycles. The molecule has 13 heavy (non-hydrogen) atoms. The predicted octanol–water partition coefficient (Wildman–Crippen LogP) is 3.23. The number of hydrogen-bond donors (Lipinski definition) is 1. The number of rotatable bonds is 1. The topological polar surface area (TPSA) is 26.0 Å². The molecule has 1 nitrogen and oxygen atoms in total. The van der Waals surface area contributed by atoms with Crippen LogP contribution in [0.4, 0.5) is 5.69 Å². The maximum Gasteiger partial charge on any atom is 0.0387 e. The monoisotopic (exact) mass is 173 g/mol. The Morgan fingerprint density at radius 3 is 2.46 bits per heavy atom. The van der Waals surface area contributed by atoms with E-state index in [-0.39, 0.29) is 0 Å². The van der Waals surface area contributed by atoms with Crippen LogP contribution < -0.4 is 5.73 Å². The van der Waals surface area contributed by atoms with Gasteiger partial charge in [0.05, 0.1) is 0 Å². The Morgan fingerprint density at radius 1 is 1.08 bits per heavy atom. The van der Waals surface area contributed by atoms with E-state index >= 15 is 0 Å². The average molecular weight is 173 g/mol. The molecule has 0 aromatic heterocycles. The van der Waals surface area contributed by atoms with Gasteiger partial charge in [-0.2, -0.15) is 0 Å². The number of nitrogens with two attached hydrogens (primary N) is 1. The molecule has 0 bridgehead atoms. The van der Waals surface area contributed by atoms with Gasteiger partial charge < -0.3 is 5.73 Å². The summed E-state index contributed by atoms with van der Waals surface area (Å²) in [6.45, 7) is 0. The van der Waals surface area contributed by atoms with Gasteiger partial charge in [-0.15, -0.1) is 0 Å². The molecule has 68 valence electrons. The van der Waals surface area contributed by atoms with Gasteiger partial charge in [0, 0.05) is 5.69 Å². The summed E-state index contributed by atoms with van der Waals surface area (Å²) in [5.74, 6) is 0. The van der Waals surface area contributed by atoms with Crippen molar-refractivity contribution in [2.45, 2.75) is 25.7 Å². The summed E-state index contributed by atoms with van der Waals surface area (Å²) >= 11 is 0. The van der Waals surface area contributed by atoms with Crippen LogP contribution in [0, 0.1) is 0 Å². The zero-order valence-corrected chi connectivity index (χ0v) is 7.79. The van der Waals surface area contributed by atoms with Gasteiger partial charge in [-0.05, 0) is 37.3 Å². The minimum absolute atomic E-state index is 0.891. The minimum atomic E-state index is 0.891. The van der Waals surface area contributed by atoms with Crippen LogP contribution in [-0.2, 0) is 0 Å². The van der Waals surface area contributed by atoms with Gasteiger partial charge in [0.15, 0.2) is 0 Å². The van der Waals surface area contributed by atoms with E-state index in [9.17, 15) is 0 Å². The molecular formula is C12H15N. The van der Waals surface area contributed by atoms with E-state index in [0.29, 0.717) is 0 Å². The van der Waals surface area contributed by atoms with E-state index in [2.05, 4.69) is 12.1 Å². The first-order valence-electron chi connectivity index (χ1n) is 4.90. The number of allylic oxidation sites excluding steroid dienone is 1. The van der Waals surface area contributed by atoms with Gasteiger partial charge in [-0.3, -0.25) is 0 Å². The molecular weight excluding hydrogens is 158 g/mol. The van der Waals surface area contributed by atoms with Gasteiger partial charge in [0.1, 0.15) is 0 Å². The normalized spacial score (nSPS) is 16.2. The lowest BCUT2D eigenvalue weighted by Crippen LogP contribution is -1.88. The van der Waals surface area contributed by atoms with Crippen molar-refractivity contribution < 1.29 is 0 Å². The number of anilines is 1. The highest BCUT2D eigenvalue weighted by molar-refractivity contribution is 5.66. The van der Waals surface area contributed by atoms with E-state index in [1.54, 1.807) is 5.57 Å². The molecule has 0 heterocycles. The van der Waals surface area contributed by atoms with E-state index in [0.717, 1.165) is 5.69 Å². The Hall–Kier alpha value is -1.24. The van der Waals surface area contributed by atoms with Crippen LogP contribution in [0.5, 0.6) is 0 Å². The fourth-order valence-corrected chi connectivity index (χ4v) is 1.84. The van der Waals surface area contributed by atoms with Crippen LogP contribution >= 0.6 is 0 Å². The second-order valence-electron chi connectivity index (χ2n) is 3.64. The fraction of sp³-hybridized carbons (Fsp3) is 0.333. The lowest BCUT2D eigenvalue weighted by atomic mass is 10.1. The van der Waals surface area contributed by atoms with E-state index < -0.39 is 0 Å². The quantitative estimate of drug-likeness (QED) is 0.648. The van der Waals surface area contributed by atoms with Crippen molar-refractivity contribution >= 4 is 11.8 Å². The molecule has 1 fully saturated rings. The highest BCUT2D eigenvalue weighted by Gasteiger charge is 2.06. The van der Waals surface area contributed by atoms with Crippen LogP contribution in [0.2, 0.25) is 0 Å². The zero-order chi connectivity index (χ0) is 9.10. The highest BCUT2D eigenvalue weighted by Crippen LogP contribution is 2.27. The number of para-hydroxylation sites is 1. The molecule has 0 unspecified atom stereocenters. The maximum atomic E-state index is 5.85. The van der Waals surface area contributed by atoms with Gasteiger partial charge in [0.2, 0.25) is 0 Å².